The molecule has 2 fully saturated rings. The average Bonchev–Trinajstić information content (AvgIpc) is 3.13. The smallest absolute Gasteiger partial charge is 0.349 e. The number of methoxy groups -OCH3 is 1. The first kappa shape index (κ1) is 19.8. The maximum atomic E-state index is 13.3. The van der Waals surface area contributed by atoms with E-state index in [9.17, 15) is 9.59 Å². The molecule has 1 atom stereocenters. The fourth-order valence-electron chi connectivity index (χ4n) is 4.06. The average molecular weight is 401 g/mol. The summed E-state index contributed by atoms with van der Waals surface area (Å²) in [6.45, 7) is 2.85. The highest BCUT2D eigenvalue weighted by Gasteiger charge is 2.35. The molecule has 0 aromatic carbocycles. The number of nitrogens with zero attached hydrogens (tertiary/aromatic N) is 3. The van der Waals surface area contributed by atoms with E-state index in [4.69, 9.17) is 13.7 Å². The monoisotopic (exact) mass is 401 g/mol. The van der Waals surface area contributed by atoms with Gasteiger partial charge in [-0.3, -0.25) is 4.79 Å². The van der Waals surface area contributed by atoms with Crippen molar-refractivity contribution in [1.29, 1.82) is 0 Å². The summed E-state index contributed by atoms with van der Waals surface area (Å²) in [7, 11) is 1.62. The van der Waals surface area contributed by atoms with Gasteiger partial charge in [0.1, 0.15) is 17.4 Å². The standard InChI is InChI=1S/C21H27N3O5/c1-13-12-16(14-6-5-7-14)28-21(26)18(13)20(25)24-10-4-3-8-15(24)19-22-17(23-29-19)9-11-27-2/h12,14-15H,3-11H2,1-2H3. The molecule has 29 heavy (non-hydrogen) atoms. The van der Waals surface area contributed by atoms with Crippen molar-refractivity contribution in [1.82, 2.24) is 15.0 Å². The highest BCUT2D eigenvalue weighted by atomic mass is 16.5. The van der Waals surface area contributed by atoms with Crippen molar-refractivity contribution in [3.05, 3.63) is 45.1 Å². The molecule has 1 saturated carbocycles. The minimum Gasteiger partial charge on any atom is -0.427 e. The lowest BCUT2D eigenvalue weighted by atomic mass is 9.83. The molecule has 156 valence electrons. The normalized spacial score (nSPS) is 19.9. The predicted octanol–water partition coefficient (Wildman–Crippen LogP) is 3.16. The van der Waals surface area contributed by atoms with Gasteiger partial charge in [-0.15, -0.1) is 0 Å². The Morgan fingerprint density at radius 1 is 1.28 bits per heavy atom. The van der Waals surface area contributed by atoms with Crippen LogP contribution >= 0.6 is 0 Å². The number of ether oxygens (including phenoxy) is 1. The lowest BCUT2D eigenvalue weighted by Gasteiger charge is -2.33. The molecule has 8 nitrogen and oxygen atoms in total. The number of carbonyl (C=O) groups excluding carboxylic acids is 1. The molecule has 1 aliphatic carbocycles. The molecule has 0 bridgehead atoms. The van der Waals surface area contributed by atoms with Crippen LogP contribution < -0.4 is 5.63 Å². The first-order valence-electron chi connectivity index (χ1n) is 10.4. The Labute approximate surface area is 169 Å². The molecule has 1 amide bonds. The van der Waals surface area contributed by atoms with Gasteiger partial charge in [-0.25, -0.2) is 4.79 Å². The molecule has 2 aromatic rings. The molecule has 0 N–H and O–H groups in total. The Morgan fingerprint density at radius 2 is 2.10 bits per heavy atom. The van der Waals surface area contributed by atoms with Crippen LogP contribution in [-0.2, 0) is 11.2 Å². The predicted molar refractivity (Wildman–Crippen MR) is 104 cm³/mol. The van der Waals surface area contributed by atoms with E-state index in [1.165, 1.54) is 0 Å². The van der Waals surface area contributed by atoms with Gasteiger partial charge in [0, 0.05) is 26.0 Å². The lowest BCUT2D eigenvalue weighted by molar-refractivity contribution is 0.0555. The van der Waals surface area contributed by atoms with E-state index < -0.39 is 5.63 Å². The molecule has 2 aliphatic rings. The number of amides is 1. The summed E-state index contributed by atoms with van der Waals surface area (Å²) < 4.78 is 16.0. The van der Waals surface area contributed by atoms with Crippen LogP contribution in [0.15, 0.2) is 19.8 Å². The summed E-state index contributed by atoms with van der Waals surface area (Å²) in [5.74, 6) is 1.65. The molecule has 3 heterocycles. The third kappa shape index (κ3) is 3.99. The van der Waals surface area contributed by atoms with Crippen LogP contribution in [0.2, 0.25) is 0 Å². The number of likely N-dealkylation sites (tertiary alicyclic amines) is 1. The maximum absolute atomic E-state index is 13.3. The minimum atomic E-state index is -0.549. The first-order chi connectivity index (χ1) is 14.1. The molecule has 0 spiro atoms. The summed E-state index contributed by atoms with van der Waals surface area (Å²) in [4.78, 5) is 32.1. The zero-order valence-electron chi connectivity index (χ0n) is 17.0. The van der Waals surface area contributed by atoms with E-state index in [2.05, 4.69) is 10.1 Å². The lowest BCUT2D eigenvalue weighted by Crippen LogP contribution is -2.41. The second kappa shape index (κ2) is 8.49. The number of rotatable bonds is 6. The van der Waals surface area contributed by atoms with Crippen LogP contribution in [0.5, 0.6) is 0 Å². The van der Waals surface area contributed by atoms with Crippen LogP contribution in [0, 0.1) is 6.92 Å². The zero-order valence-corrected chi connectivity index (χ0v) is 17.0. The van der Waals surface area contributed by atoms with Crippen LogP contribution in [0.25, 0.3) is 0 Å². The second-order valence-electron chi connectivity index (χ2n) is 7.92. The van der Waals surface area contributed by atoms with Gasteiger partial charge in [0.05, 0.1) is 6.61 Å². The van der Waals surface area contributed by atoms with Gasteiger partial charge < -0.3 is 18.6 Å². The highest BCUT2D eigenvalue weighted by molar-refractivity contribution is 5.95. The Bertz CT molecular complexity index is 931. The molecular weight excluding hydrogens is 374 g/mol. The fourth-order valence-corrected chi connectivity index (χ4v) is 4.06. The van der Waals surface area contributed by atoms with Gasteiger partial charge in [-0.1, -0.05) is 11.6 Å². The van der Waals surface area contributed by atoms with Gasteiger partial charge in [0.25, 0.3) is 5.91 Å². The Kier molecular flexibility index (Phi) is 5.80. The van der Waals surface area contributed by atoms with Crippen molar-refractivity contribution in [2.75, 3.05) is 20.3 Å². The SMILES string of the molecule is COCCc1noc(C2CCCCN2C(=O)c2c(C)cc(C3CCC3)oc2=O)n1. The van der Waals surface area contributed by atoms with Gasteiger partial charge in [-0.2, -0.15) is 4.98 Å². The van der Waals surface area contributed by atoms with Crippen molar-refractivity contribution >= 4 is 5.91 Å². The van der Waals surface area contributed by atoms with Gasteiger partial charge in [0.2, 0.25) is 5.89 Å². The topological polar surface area (TPSA) is 98.7 Å². The van der Waals surface area contributed by atoms with E-state index in [0.29, 0.717) is 48.5 Å². The zero-order chi connectivity index (χ0) is 20.4. The van der Waals surface area contributed by atoms with Crippen molar-refractivity contribution < 1.29 is 18.5 Å². The van der Waals surface area contributed by atoms with E-state index >= 15 is 0 Å². The Morgan fingerprint density at radius 3 is 2.79 bits per heavy atom. The van der Waals surface area contributed by atoms with Crippen LogP contribution in [0.4, 0.5) is 0 Å². The van der Waals surface area contributed by atoms with Gasteiger partial charge in [-0.05, 0) is 50.7 Å². The van der Waals surface area contributed by atoms with Crippen molar-refractivity contribution in [3.8, 4) is 0 Å². The van der Waals surface area contributed by atoms with E-state index in [0.717, 1.165) is 38.5 Å². The Hall–Kier alpha value is -2.48. The molecule has 4 rings (SSSR count). The van der Waals surface area contributed by atoms with Crippen molar-refractivity contribution in [2.24, 2.45) is 0 Å². The van der Waals surface area contributed by atoms with Crippen molar-refractivity contribution in [2.45, 2.75) is 63.8 Å². The highest BCUT2D eigenvalue weighted by Crippen LogP contribution is 2.37. The number of carbonyl (C=O) groups is 1. The molecule has 2 aromatic heterocycles. The van der Waals surface area contributed by atoms with Crippen LogP contribution in [0.1, 0.15) is 83.9 Å². The second-order valence-corrected chi connectivity index (χ2v) is 7.92. The molecule has 1 unspecified atom stereocenters. The largest absolute Gasteiger partial charge is 0.427 e. The summed E-state index contributed by atoms with van der Waals surface area (Å²) >= 11 is 0. The van der Waals surface area contributed by atoms with E-state index in [1.54, 1.807) is 18.9 Å². The van der Waals surface area contributed by atoms with Crippen LogP contribution in [0.3, 0.4) is 0 Å². The van der Waals surface area contributed by atoms with Gasteiger partial charge in [0.15, 0.2) is 5.82 Å². The molecule has 1 saturated heterocycles. The number of piperidine rings is 1. The third-order valence-electron chi connectivity index (χ3n) is 5.95. The maximum Gasteiger partial charge on any atom is 0.349 e. The first-order valence-corrected chi connectivity index (χ1v) is 10.4. The van der Waals surface area contributed by atoms with E-state index in [1.807, 2.05) is 6.07 Å². The fraction of sp³-hybridized carbons (Fsp3) is 0.619. The van der Waals surface area contributed by atoms with Crippen molar-refractivity contribution in [3.63, 3.8) is 0 Å². The Balaban J connectivity index is 1.59. The summed E-state index contributed by atoms with van der Waals surface area (Å²) in [5.41, 5.74) is 0.232. The third-order valence-corrected chi connectivity index (χ3v) is 5.95. The number of hydrogen-bond donors (Lipinski definition) is 0. The molecular formula is C21H27N3O5. The summed E-state index contributed by atoms with van der Waals surface area (Å²) in [6, 6.07) is 1.53. The summed E-state index contributed by atoms with van der Waals surface area (Å²) in [5, 5.41) is 3.99. The number of hydrogen-bond acceptors (Lipinski definition) is 7. The molecule has 0 radical (unpaired) electrons. The molecule has 8 heteroatoms. The number of aryl methyl sites for hydroxylation is 1. The quantitative estimate of drug-likeness (QED) is 0.733. The van der Waals surface area contributed by atoms with Gasteiger partial charge >= 0.3 is 5.63 Å². The number of aromatic nitrogens is 2. The molecule has 1 aliphatic heterocycles. The van der Waals surface area contributed by atoms with Crippen LogP contribution in [-0.4, -0.2) is 41.2 Å². The van der Waals surface area contributed by atoms with E-state index in [-0.39, 0.29) is 17.5 Å². The minimum absolute atomic E-state index is 0.110. The summed E-state index contributed by atoms with van der Waals surface area (Å²) in [6.07, 6.45) is 6.32.